The van der Waals surface area contributed by atoms with Gasteiger partial charge in [0, 0.05) is 48.9 Å². The Balaban J connectivity index is 1.26. The number of carboxylic acid groups (broad SMARTS) is 1. The molecule has 1 aliphatic carbocycles. The van der Waals surface area contributed by atoms with Crippen LogP contribution in [0.4, 0.5) is 16.3 Å². The van der Waals surface area contributed by atoms with E-state index in [4.69, 9.17) is 14.7 Å². The van der Waals surface area contributed by atoms with E-state index in [-0.39, 0.29) is 12.0 Å². The molecule has 10 heteroatoms. The monoisotopic (exact) mass is 581 g/mol. The molecular weight excluding hydrogens is 542 g/mol. The summed E-state index contributed by atoms with van der Waals surface area (Å²) in [6.07, 6.45) is 4.23. The standard InChI is InChI=1S/C33H39N7O3/c1-22-6-3-7-23-8-4-9-27(29(22)23)38-17-12-25-26(21-38)35-31(43-33(13-14-33)28-10-5-16-37(28)2)36-30(25)39-18-19-40(32(41)42)24(20-39)11-15-34/h3-4,6-9,24,28H,5,10-14,16-21H2,1-2H3,(H,41,42). The van der Waals surface area contributed by atoms with Crippen molar-refractivity contribution in [3.05, 3.63) is 53.2 Å². The molecule has 1 N–H and O–H groups in total. The number of benzene rings is 2. The first-order valence-electron chi connectivity index (χ1n) is 15.5. The zero-order chi connectivity index (χ0) is 29.7. The van der Waals surface area contributed by atoms with Crippen LogP contribution >= 0.6 is 0 Å². The molecule has 1 amide bonds. The zero-order valence-electron chi connectivity index (χ0n) is 25.0. The van der Waals surface area contributed by atoms with E-state index in [2.05, 4.69) is 71.1 Å². The summed E-state index contributed by atoms with van der Waals surface area (Å²) in [6.45, 7) is 5.98. The van der Waals surface area contributed by atoms with Crippen molar-refractivity contribution in [2.75, 3.05) is 49.6 Å². The van der Waals surface area contributed by atoms with Crippen LogP contribution in [0, 0.1) is 18.3 Å². The van der Waals surface area contributed by atoms with Crippen LogP contribution in [0.3, 0.4) is 0 Å². The summed E-state index contributed by atoms with van der Waals surface area (Å²) in [4.78, 5) is 30.4. The molecule has 0 spiro atoms. The number of nitriles is 1. The SMILES string of the molecule is Cc1cccc2cccc(N3CCc4c(nc(OC5(C6CCCN6C)CC5)nc4N4CCN(C(=O)O)C(CC#N)C4)C3)c12. The van der Waals surface area contributed by atoms with E-state index in [0.29, 0.717) is 38.2 Å². The fourth-order valence-electron chi connectivity index (χ4n) is 7.63. The lowest BCUT2D eigenvalue weighted by molar-refractivity contribution is 0.0757. The molecule has 1 aromatic heterocycles. The lowest BCUT2D eigenvalue weighted by Crippen LogP contribution is -2.55. The fraction of sp³-hybridized carbons (Fsp3) is 0.515. The number of aromatic nitrogens is 2. The highest BCUT2D eigenvalue weighted by Crippen LogP contribution is 2.48. The van der Waals surface area contributed by atoms with Crippen LogP contribution in [-0.4, -0.2) is 88.4 Å². The number of carbonyl (C=O) groups is 1. The third kappa shape index (κ3) is 4.99. The predicted octanol–water partition coefficient (Wildman–Crippen LogP) is 4.59. The number of amides is 1. The summed E-state index contributed by atoms with van der Waals surface area (Å²) in [6, 6.07) is 15.5. The molecule has 224 valence electrons. The van der Waals surface area contributed by atoms with E-state index >= 15 is 0 Å². The van der Waals surface area contributed by atoms with Crippen molar-refractivity contribution < 1.29 is 14.6 Å². The predicted molar refractivity (Wildman–Crippen MR) is 165 cm³/mol. The zero-order valence-corrected chi connectivity index (χ0v) is 25.0. The van der Waals surface area contributed by atoms with Gasteiger partial charge in [0.05, 0.1) is 30.8 Å². The maximum atomic E-state index is 11.9. The maximum absolute atomic E-state index is 11.9. The van der Waals surface area contributed by atoms with Crippen molar-refractivity contribution >= 4 is 28.4 Å². The summed E-state index contributed by atoms with van der Waals surface area (Å²) in [7, 11) is 2.18. The number of hydrogen-bond donors (Lipinski definition) is 1. The van der Waals surface area contributed by atoms with E-state index in [1.54, 1.807) is 0 Å². The largest absolute Gasteiger partial charge is 0.465 e. The van der Waals surface area contributed by atoms with Gasteiger partial charge in [-0.05, 0) is 69.6 Å². The number of likely N-dealkylation sites (N-methyl/N-ethyl adjacent to an activating group) is 1. The average Bonchev–Trinajstić information content (AvgIpc) is 3.64. The maximum Gasteiger partial charge on any atom is 0.407 e. The van der Waals surface area contributed by atoms with Gasteiger partial charge in [-0.2, -0.15) is 15.2 Å². The van der Waals surface area contributed by atoms with Gasteiger partial charge < -0.3 is 24.5 Å². The summed E-state index contributed by atoms with van der Waals surface area (Å²) in [5.74, 6) is 0.831. The average molecular weight is 582 g/mol. The van der Waals surface area contributed by atoms with Crippen molar-refractivity contribution in [1.82, 2.24) is 19.8 Å². The molecule has 1 saturated carbocycles. The summed E-state index contributed by atoms with van der Waals surface area (Å²) < 4.78 is 6.76. The molecular formula is C33H39N7O3. The summed E-state index contributed by atoms with van der Waals surface area (Å²) in [5.41, 5.74) is 4.28. The van der Waals surface area contributed by atoms with Gasteiger partial charge in [-0.15, -0.1) is 0 Å². The van der Waals surface area contributed by atoms with Crippen LogP contribution in [0.25, 0.3) is 10.8 Å². The third-order valence-corrected chi connectivity index (χ3v) is 9.97. The second-order valence-corrected chi connectivity index (χ2v) is 12.6. The summed E-state index contributed by atoms with van der Waals surface area (Å²) in [5, 5.41) is 21.7. The van der Waals surface area contributed by atoms with Crippen LogP contribution < -0.4 is 14.5 Å². The Kier molecular flexibility index (Phi) is 7.01. The van der Waals surface area contributed by atoms with Gasteiger partial charge in [0.15, 0.2) is 0 Å². The highest BCUT2D eigenvalue weighted by molar-refractivity contribution is 5.97. The molecule has 4 aliphatic rings. The first-order chi connectivity index (χ1) is 20.9. The van der Waals surface area contributed by atoms with E-state index < -0.39 is 12.1 Å². The molecule has 43 heavy (non-hydrogen) atoms. The number of piperazine rings is 1. The van der Waals surface area contributed by atoms with Gasteiger partial charge in [0.1, 0.15) is 11.4 Å². The molecule has 0 radical (unpaired) electrons. The topological polar surface area (TPSA) is 109 Å². The van der Waals surface area contributed by atoms with E-state index in [1.807, 2.05) is 0 Å². The van der Waals surface area contributed by atoms with Gasteiger partial charge >= 0.3 is 12.1 Å². The van der Waals surface area contributed by atoms with Crippen molar-refractivity contribution in [3.63, 3.8) is 0 Å². The normalized spacial score (nSPS) is 23.2. The molecule has 3 aromatic rings. The molecule has 2 unspecified atom stereocenters. The van der Waals surface area contributed by atoms with Crippen molar-refractivity contribution in [1.29, 1.82) is 5.26 Å². The molecule has 3 aliphatic heterocycles. The lowest BCUT2D eigenvalue weighted by Gasteiger charge is -2.41. The van der Waals surface area contributed by atoms with Gasteiger partial charge in [-0.1, -0.05) is 30.3 Å². The molecule has 4 heterocycles. The molecule has 0 bridgehead atoms. The van der Waals surface area contributed by atoms with Gasteiger partial charge in [0.25, 0.3) is 0 Å². The van der Waals surface area contributed by atoms with Crippen molar-refractivity contribution in [2.45, 2.75) is 69.7 Å². The quantitative estimate of drug-likeness (QED) is 0.447. The summed E-state index contributed by atoms with van der Waals surface area (Å²) >= 11 is 0. The minimum Gasteiger partial charge on any atom is -0.465 e. The number of likely N-dealkylation sites (tertiary alicyclic amines) is 1. The van der Waals surface area contributed by atoms with Crippen molar-refractivity contribution in [3.8, 4) is 12.1 Å². The minimum absolute atomic E-state index is 0.144. The molecule has 3 fully saturated rings. The Labute approximate surface area is 252 Å². The molecule has 10 nitrogen and oxygen atoms in total. The van der Waals surface area contributed by atoms with Gasteiger partial charge in [-0.3, -0.25) is 4.90 Å². The second kappa shape index (κ2) is 10.9. The molecule has 2 aromatic carbocycles. The van der Waals surface area contributed by atoms with Gasteiger partial charge in [0.2, 0.25) is 0 Å². The van der Waals surface area contributed by atoms with Gasteiger partial charge in [-0.25, -0.2) is 4.79 Å². The lowest BCUT2D eigenvalue weighted by atomic mass is 9.99. The van der Waals surface area contributed by atoms with Crippen LogP contribution in [-0.2, 0) is 13.0 Å². The van der Waals surface area contributed by atoms with Crippen LogP contribution in [0.2, 0.25) is 0 Å². The Morgan fingerprint density at radius 3 is 2.65 bits per heavy atom. The first-order valence-corrected chi connectivity index (χ1v) is 15.5. The first kappa shape index (κ1) is 27.7. The fourth-order valence-corrected chi connectivity index (χ4v) is 7.63. The Morgan fingerprint density at radius 1 is 1.12 bits per heavy atom. The highest BCUT2D eigenvalue weighted by atomic mass is 16.5. The molecule has 2 saturated heterocycles. The van der Waals surface area contributed by atoms with E-state index in [9.17, 15) is 15.2 Å². The second-order valence-electron chi connectivity index (χ2n) is 12.6. The number of rotatable bonds is 6. The number of fused-ring (bicyclic) bond motifs is 2. The highest BCUT2D eigenvalue weighted by Gasteiger charge is 2.55. The van der Waals surface area contributed by atoms with E-state index in [0.717, 1.165) is 55.8 Å². The Bertz CT molecular complexity index is 1590. The smallest absolute Gasteiger partial charge is 0.407 e. The molecule has 2 atom stereocenters. The Hall–Kier alpha value is -4.10. The number of nitrogens with zero attached hydrogens (tertiary/aromatic N) is 7. The number of aryl methyl sites for hydroxylation is 1. The number of ether oxygens (including phenoxy) is 1. The third-order valence-electron chi connectivity index (χ3n) is 9.97. The number of anilines is 2. The van der Waals surface area contributed by atoms with E-state index in [1.165, 1.54) is 33.3 Å². The van der Waals surface area contributed by atoms with Crippen LogP contribution in [0.15, 0.2) is 36.4 Å². The Morgan fingerprint density at radius 2 is 1.93 bits per heavy atom. The van der Waals surface area contributed by atoms with Crippen molar-refractivity contribution in [2.24, 2.45) is 0 Å². The minimum atomic E-state index is -0.981. The molecule has 7 rings (SSSR count). The van der Waals surface area contributed by atoms with Crippen LogP contribution in [0.1, 0.15) is 48.9 Å². The van der Waals surface area contributed by atoms with Crippen LogP contribution in [0.5, 0.6) is 6.01 Å². The number of hydrogen-bond acceptors (Lipinski definition) is 8.